The summed E-state index contributed by atoms with van der Waals surface area (Å²) >= 11 is 5.49. The summed E-state index contributed by atoms with van der Waals surface area (Å²) in [5.74, 6) is -1.54. The first-order chi connectivity index (χ1) is 6.06. The van der Waals surface area contributed by atoms with E-state index in [9.17, 15) is 8.78 Å². The fraction of sp³-hybridized carbons (Fsp3) is 0.250. The molecule has 6 heteroatoms. The summed E-state index contributed by atoms with van der Waals surface area (Å²) < 4.78 is 24.9. The average Bonchev–Trinajstić information content (AvgIpc) is 2.10. The molecule has 0 aliphatic rings. The number of nitrogens with two attached hydrogens (primary N) is 1. The Bertz CT molecular complexity index is 322. The number of hydrogen-bond acceptors (Lipinski definition) is 2. The van der Waals surface area contributed by atoms with E-state index in [0.717, 1.165) is 6.07 Å². The maximum Gasteiger partial charge on any atom is 0.166 e. The van der Waals surface area contributed by atoms with Crippen LogP contribution in [0.4, 0.5) is 8.78 Å². The molecule has 0 spiro atoms. The predicted molar refractivity (Wildman–Crippen MR) is 53.2 cm³/mol. The molecule has 0 aliphatic heterocycles. The van der Waals surface area contributed by atoms with Gasteiger partial charge in [-0.3, -0.25) is 0 Å². The smallest absolute Gasteiger partial charge is 0.166 e. The van der Waals surface area contributed by atoms with E-state index < -0.39 is 24.3 Å². The molecule has 1 rings (SSSR count). The van der Waals surface area contributed by atoms with Gasteiger partial charge in [0, 0.05) is 10.6 Å². The van der Waals surface area contributed by atoms with Gasteiger partial charge in [-0.1, -0.05) is 11.6 Å². The quantitative estimate of drug-likeness (QED) is 0.839. The van der Waals surface area contributed by atoms with Crippen LogP contribution in [0.5, 0.6) is 5.75 Å². The first-order valence-electron chi connectivity index (χ1n) is 3.55. The number of phenols is 1. The summed E-state index contributed by atoms with van der Waals surface area (Å²) in [5.41, 5.74) is 5.25. The van der Waals surface area contributed by atoms with Crippen molar-refractivity contribution in [2.75, 3.05) is 6.67 Å². The Morgan fingerprint density at radius 3 is 2.57 bits per heavy atom. The zero-order chi connectivity index (χ0) is 10.0. The van der Waals surface area contributed by atoms with Crippen LogP contribution >= 0.6 is 24.0 Å². The van der Waals surface area contributed by atoms with Gasteiger partial charge < -0.3 is 10.8 Å². The van der Waals surface area contributed by atoms with E-state index in [0.29, 0.717) is 0 Å². The molecule has 3 N–H and O–H groups in total. The predicted octanol–water partition coefficient (Wildman–Crippen LogP) is 2.58. The van der Waals surface area contributed by atoms with Crippen LogP contribution in [0.25, 0.3) is 0 Å². The highest BCUT2D eigenvalue weighted by Gasteiger charge is 2.15. The molecule has 1 atom stereocenters. The Hall–Kier alpha value is -0.580. The Balaban J connectivity index is 0.00000169. The van der Waals surface area contributed by atoms with Crippen LogP contribution < -0.4 is 5.73 Å². The number of halogens is 4. The van der Waals surface area contributed by atoms with E-state index in [1.54, 1.807) is 0 Å². The number of phenolic OH excluding ortho intramolecular Hbond substituents is 1. The molecule has 0 aliphatic carbocycles. The molecule has 0 aromatic heterocycles. The molecule has 1 aromatic rings. The van der Waals surface area contributed by atoms with Crippen molar-refractivity contribution < 1.29 is 13.9 Å². The summed E-state index contributed by atoms with van der Waals surface area (Å²) in [6, 6.07) is 1.13. The lowest BCUT2D eigenvalue weighted by atomic mass is 10.1. The highest BCUT2D eigenvalue weighted by molar-refractivity contribution is 6.30. The van der Waals surface area contributed by atoms with Crippen molar-refractivity contribution in [3.8, 4) is 5.75 Å². The van der Waals surface area contributed by atoms with Crippen molar-refractivity contribution >= 4 is 24.0 Å². The van der Waals surface area contributed by atoms with Crippen LogP contribution in [-0.4, -0.2) is 11.8 Å². The van der Waals surface area contributed by atoms with E-state index >= 15 is 0 Å². The highest BCUT2D eigenvalue weighted by atomic mass is 35.5. The fourth-order valence-corrected chi connectivity index (χ4v) is 1.16. The van der Waals surface area contributed by atoms with Gasteiger partial charge in [0.05, 0.1) is 6.04 Å². The molecule has 0 radical (unpaired) electrons. The SMILES string of the molecule is Cl.N[C@H](CF)c1cc(Cl)cc(F)c1O. The second kappa shape index (κ2) is 5.34. The lowest BCUT2D eigenvalue weighted by Gasteiger charge is -2.10. The lowest BCUT2D eigenvalue weighted by Crippen LogP contribution is -2.12. The molecule has 0 saturated carbocycles. The van der Waals surface area contributed by atoms with Crippen molar-refractivity contribution in [1.29, 1.82) is 0 Å². The second-order valence-corrected chi connectivity index (χ2v) is 3.02. The third kappa shape index (κ3) is 2.70. The Labute approximate surface area is 91.1 Å². The number of hydrogen-bond donors (Lipinski definition) is 2. The van der Waals surface area contributed by atoms with E-state index in [-0.39, 0.29) is 23.0 Å². The first kappa shape index (κ1) is 13.4. The monoisotopic (exact) mass is 243 g/mol. The van der Waals surface area contributed by atoms with Gasteiger partial charge in [-0.05, 0) is 12.1 Å². The summed E-state index contributed by atoms with van der Waals surface area (Å²) in [6.07, 6.45) is 0. The second-order valence-electron chi connectivity index (χ2n) is 2.59. The molecule has 1 aromatic carbocycles. The average molecular weight is 244 g/mol. The lowest BCUT2D eigenvalue weighted by molar-refractivity contribution is 0.396. The van der Waals surface area contributed by atoms with Crippen LogP contribution in [0.1, 0.15) is 11.6 Å². The molecule has 14 heavy (non-hydrogen) atoms. The zero-order valence-corrected chi connectivity index (χ0v) is 8.58. The first-order valence-corrected chi connectivity index (χ1v) is 3.93. The normalized spacial score (nSPS) is 12.0. The van der Waals surface area contributed by atoms with Crippen molar-refractivity contribution in [1.82, 2.24) is 0 Å². The molecular weight excluding hydrogens is 235 g/mol. The Morgan fingerprint density at radius 1 is 1.50 bits per heavy atom. The molecule has 0 bridgehead atoms. The van der Waals surface area contributed by atoms with Gasteiger partial charge >= 0.3 is 0 Å². The van der Waals surface area contributed by atoms with Gasteiger partial charge in [0.1, 0.15) is 6.67 Å². The van der Waals surface area contributed by atoms with Gasteiger partial charge in [-0.25, -0.2) is 8.78 Å². The van der Waals surface area contributed by atoms with Crippen LogP contribution in [0, 0.1) is 5.82 Å². The Kier molecular flexibility index (Phi) is 5.12. The molecule has 0 heterocycles. The summed E-state index contributed by atoms with van der Waals surface area (Å²) in [7, 11) is 0. The summed E-state index contributed by atoms with van der Waals surface area (Å²) in [6.45, 7) is -0.882. The van der Waals surface area contributed by atoms with Crippen LogP contribution in [0.3, 0.4) is 0 Å². The number of aromatic hydroxyl groups is 1. The molecule has 0 unspecified atom stereocenters. The van der Waals surface area contributed by atoms with Crippen molar-refractivity contribution in [3.05, 3.63) is 28.5 Å². The van der Waals surface area contributed by atoms with Gasteiger partial charge in [0.15, 0.2) is 11.6 Å². The molecule has 2 nitrogen and oxygen atoms in total. The number of benzene rings is 1. The van der Waals surface area contributed by atoms with Crippen LogP contribution in [-0.2, 0) is 0 Å². The Morgan fingerprint density at radius 2 is 2.07 bits per heavy atom. The fourth-order valence-electron chi connectivity index (χ4n) is 0.952. The summed E-state index contributed by atoms with van der Waals surface area (Å²) in [5, 5.41) is 9.22. The molecule has 80 valence electrons. The van der Waals surface area contributed by atoms with Gasteiger partial charge in [0.25, 0.3) is 0 Å². The van der Waals surface area contributed by atoms with E-state index in [4.69, 9.17) is 22.4 Å². The zero-order valence-electron chi connectivity index (χ0n) is 7.01. The highest BCUT2D eigenvalue weighted by Crippen LogP contribution is 2.29. The molecule has 0 fully saturated rings. The minimum atomic E-state index is -1.05. The van der Waals surface area contributed by atoms with Gasteiger partial charge in [-0.15, -0.1) is 12.4 Å². The molecule has 0 amide bonds. The maximum absolute atomic E-state index is 12.8. The number of rotatable bonds is 2. The minimum absolute atomic E-state index is 0. The van der Waals surface area contributed by atoms with Gasteiger partial charge in [-0.2, -0.15) is 0 Å². The maximum atomic E-state index is 12.8. The standard InChI is InChI=1S/C8H8ClF2NO.ClH/c9-4-1-5(7(12)3-10)8(13)6(11)2-4;/h1-2,7,13H,3,12H2;1H/t7-;/m1./s1. The topological polar surface area (TPSA) is 46.2 Å². The van der Waals surface area contributed by atoms with E-state index in [2.05, 4.69) is 0 Å². The van der Waals surface area contributed by atoms with Crippen LogP contribution in [0.2, 0.25) is 5.02 Å². The third-order valence-electron chi connectivity index (χ3n) is 1.62. The largest absolute Gasteiger partial charge is 0.505 e. The molecule has 0 saturated heterocycles. The van der Waals surface area contributed by atoms with Crippen molar-refractivity contribution in [3.63, 3.8) is 0 Å². The summed E-state index contributed by atoms with van der Waals surface area (Å²) in [4.78, 5) is 0. The van der Waals surface area contributed by atoms with Crippen molar-refractivity contribution in [2.24, 2.45) is 5.73 Å². The molecular formula is C8H9Cl2F2NO. The third-order valence-corrected chi connectivity index (χ3v) is 1.84. The van der Waals surface area contributed by atoms with Crippen molar-refractivity contribution in [2.45, 2.75) is 6.04 Å². The minimum Gasteiger partial charge on any atom is -0.505 e. The van der Waals surface area contributed by atoms with Gasteiger partial charge in [0.2, 0.25) is 0 Å². The van der Waals surface area contributed by atoms with E-state index in [1.165, 1.54) is 6.07 Å². The number of alkyl halides is 1. The van der Waals surface area contributed by atoms with E-state index in [1.807, 2.05) is 0 Å². The van der Waals surface area contributed by atoms with Crippen LogP contribution in [0.15, 0.2) is 12.1 Å².